The monoisotopic (exact) mass is 219 g/mol. The SMILES string of the molecule is COc1nc2ccccc2nc1NC(=O)O. The fourth-order valence-electron chi connectivity index (χ4n) is 1.31. The van der Waals surface area contributed by atoms with Crippen LogP contribution in [0.25, 0.3) is 11.0 Å². The van der Waals surface area contributed by atoms with Crippen molar-refractivity contribution < 1.29 is 14.6 Å². The van der Waals surface area contributed by atoms with Crippen LogP contribution >= 0.6 is 0 Å². The van der Waals surface area contributed by atoms with Crippen molar-refractivity contribution in [1.29, 1.82) is 0 Å². The Bertz CT molecular complexity index is 542. The van der Waals surface area contributed by atoms with Crippen LogP contribution in [0.3, 0.4) is 0 Å². The van der Waals surface area contributed by atoms with Crippen LogP contribution in [-0.2, 0) is 0 Å². The quantitative estimate of drug-likeness (QED) is 0.803. The molecular formula is C10H9N3O3. The number of aromatic nitrogens is 2. The molecule has 2 aromatic rings. The lowest BCUT2D eigenvalue weighted by atomic mass is 10.3. The summed E-state index contributed by atoms with van der Waals surface area (Å²) < 4.78 is 4.95. The van der Waals surface area contributed by atoms with Gasteiger partial charge >= 0.3 is 6.09 Å². The molecule has 16 heavy (non-hydrogen) atoms. The number of ether oxygens (including phenoxy) is 1. The van der Waals surface area contributed by atoms with E-state index in [-0.39, 0.29) is 11.7 Å². The van der Waals surface area contributed by atoms with Crippen molar-refractivity contribution in [3.05, 3.63) is 24.3 Å². The van der Waals surface area contributed by atoms with Crippen molar-refractivity contribution in [1.82, 2.24) is 9.97 Å². The van der Waals surface area contributed by atoms with E-state index in [0.717, 1.165) is 0 Å². The van der Waals surface area contributed by atoms with Crippen molar-refractivity contribution in [2.45, 2.75) is 0 Å². The number of methoxy groups -OCH3 is 1. The summed E-state index contributed by atoms with van der Waals surface area (Å²) in [4.78, 5) is 18.8. The minimum atomic E-state index is -1.21. The summed E-state index contributed by atoms with van der Waals surface area (Å²) in [7, 11) is 1.41. The molecule has 0 saturated heterocycles. The molecule has 2 N–H and O–H groups in total. The van der Waals surface area contributed by atoms with Crippen LogP contribution in [0.5, 0.6) is 5.88 Å². The van der Waals surface area contributed by atoms with Crippen LogP contribution in [0.15, 0.2) is 24.3 Å². The highest BCUT2D eigenvalue weighted by molar-refractivity contribution is 5.86. The molecule has 0 bridgehead atoms. The Balaban J connectivity index is 2.58. The lowest BCUT2D eigenvalue weighted by Crippen LogP contribution is -2.11. The number of nitrogens with zero attached hydrogens (tertiary/aromatic N) is 2. The van der Waals surface area contributed by atoms with E-state index in [0.29, 0.717) is 11.0 Å². The number of anilines is 1. The van der Waals surface area contributed by atoms with E-state index in [1.807, 2.05) is 6.07 Å². The molecule has 2 rings (SSSR count). The van der Waals surface area contributed by atoms with E-state index in [1.54, 1.807) is 18.2 Å². The van der Waals surface area contributed by atoms with E-state index in [4.69, 9.17) is 9.84 Å². The van der Waals surface area contributed by atoms with Gasteiger partial charge in [0.2, 0.25) is 0 Å². The molecule has 0 fully saturated rings. The predicted molar refractivity (Wildman–Crippen MR) is 57.7 cm³/mol. The van der Waals surface area contributed by atoms with E-state index in [1.165, 1.54) is 7.11 Å². The third-order valence-electron chi connectivity index (χ3n) is 1.96. The second kappa shape index (κ2) is 4.01. The number of amides is 1. The Kier molecular flexibility index (Phi) is 2.55. The maximum absolute atomic E-state index is 10.5. The van der Waals surface area contributed by atoms with Gasteiger partial charge in [0.25, 0.3) is 5.88 Å². The molecule has 1 amide bonds. The van der Waals surface area contributed by atoms with Gasteiger partial charge in [-0.3, -0.25) is 5.32 Å². The highest BCUT2D eigenvalue weighted by atomic mass is 16.5. The Hall–Kier alpha value is -2.37. The molecule has 1 aromatic carbocycles. The fraction of sp³-hybridized carbons (Fsp3) is 0.100. The van der Waals surface area contributed by atoms with Gasteiger partial charge in [-0.15, -0.1) is 0 Å². The Morgan fingerprint density at radius 2 is 1.94 bits per heavy atom. The number of nitrogens with one attached hydrogen (secondary N) is 1. The highest BCUT2D eigenvalue weighted by Crippen LogP contribution is 2.22. The molecule has 0 aliphatic carbocycles. The van der Waals surface area contributed by atoms with Gasteiger partial charge in [0.1, 0.15) is 0 Å². The Labute approximate surface area is 90.9 Å². The fourth-order valence-corrected chi connectivity index (χ4v) is 1.31. The van der Waals surface area contributed by atoms with E-state index < -0.39 is 6.09 Å². The Morgan fingerprint density at radius 3 is 2.50 bits per heavy atom. The molecule has 1 heterocycles. The van der Waals surface area contributed by atoms with Crippen molar-refractivity contribution in [3.63, 3.8) is 0 Å². The number of carbonyl (C=O) groups is 1. The normalized spacial score (nSPS) is 10.1. The van der Waals surface area contributed by atoms with Crippen LogP contribution in [0.4, 0.5) is 10.6 Å². The molecule has 0 aliphatic rings. The van der Waals surface area contributed by atoms with Crippen LogP contribution in [0, 0.1) is 0 Å². The minimum absolute atomic E-state index is 0.0914. The van der Waals surface area contributed by atoms with Crippen LogP contribution < -0.4 is 10.1 Å². The molecule has 1 aromatic heterocycles. The summed E-state index contributed by atoms with van der Waals surface area (Å²) in [5.74, 6) is 0.245. The number of hydrogen-bond acceptors (Lipinski definition) is 4. The van der Waals surface area contributed by atoms with Crippen molar-refractivity contribution >= 4 is 22.9 Å². The summed E-state index contributed by atoms with van der Waals surface area (Å²) in [5.41, 5.74) is 1.25. The smallest absolute Gasteiger partial charge is 0.410 e. The molecular weight excluding hydrogens is 210 g/mol. The molecule has 0 saturated carbocycles. The zero-order chi connectivity index (χ0) is 11.5. The third-order valence-corrected chi connectivity index (χ3v) is 1.96. The third kappa shape index (κ3) is 1.85. The lowest BCUT2D eigenvalue weighted by Gasteiger charge is -2.07. The first-order valence-corrected chi connectivity index (χ1v) is 4.51. The number of fused-ring (bicyclic) bond motifs is 1. The summed E-state index contributed by atoms with van der Waals surface area (Å²) >= 11 is 0. The summed E-state index contributed by atoms with van der Waals surface area (Å²) in [6.45, 7) is 0. The van der Waals surface area contributed by atoms with Gasteiger partial charge in [-0.25, -0.2) is 14.8 Å². The van der Waals surface area contributed by atoms with Gasteiger partial charge < -0.3 is 9.84 Å². The van der Waals surface area contributed by atoms with Gasteiger partial charge in [0.05, 0.1) is 18.1 Å². The maximum Gasteiger partial charge on any atom is 0.410 e. The van der Waals surface area contributed by atoms with Crippen molar-refractivity contribution in [2.24, 2.45) is 0 Å². The largest absolute Gasteiger partial charge is 0.478 e. The minimum Gasteiger partial charge on any atom is -0.478 e. The van der Waals surface area contributed by atoms with E-state index in [2.05, 4.69) is 15.3 Å². The van der Waals surface area contributed by atoms with E-state index in [9.17, 15) is 4.79 Å². The van der Waals surface area contributed by atoms with Gasteiger partial charge in [-0.05, 0) is 12.1 Å². The molecule has 82 valence electrons. The van der Waals surface area contributed by atoms with Crippen molar-refractivity contribution in [3.8, 4) is 5.88 Å². The summed E-state index contributed by atoms with van der Waals surface area (Å²) in [5, 5.41) is 10.8. The zero-order valence-corrected chi connectivity index (χ0v) is 8.47. The van der Waals surface area contributed by atoms with Gasteiger partial charge in [-0.1, -0.05) is 12.1 Å². The molecule has 0 aliphatic heterocycles. The summed E-state index contributed by atoms with van der Waals surface area (Å²) in [6.07, 6.45) is -1.21. The number of carboxylic acid groups (broad SMARTS) is 1. The van der Waals surface area contributed by atoms with Gasteiger partial charge in [0.15, 0.2) is 5.82 Å². The standard InChI is InChI=1S/C10H9N3O3/c1-16-9-8(13-10(14)15)11-6-4-2-3-5-7(6)12-9/h2-5H,1H3,(H,11,13)(H,14,15). The van der Waals surface area contributed by atoms with Crippen LogP contribution in [0.1, 0.15) is 0 Å². The number of benzene rings is 1. The zero-order valence-electron chi connectivity index (χ0n) is 8.47. The van der Waals surface area contributed by atoms with Gasteiger partial charge in [-0.2, -0.15) is 0 Å². The molecule has 6 heteroatoms. The molecule has 6 nitrogen and oxygen atoms in total. The Morgan fingerprint density at radius 1 is 1.31 bits per heavy atom. The second-order valence-electron chi connectivity index (χ2n) is 3.00. The van der Waals surface area contributed by atoms with E-state index >= 15 is 0 Å². The molecule has 0 atom stereocenters. The van der Waals surface area contributed by atoms with Crippen LogP contribution in [0.2, 0.25) is 0 Å². The first-order valence-electron chi connectivity index (χ1n) is 4.51. The van der Waals surface area contributed by atoms with Gasteiger partial charge in [0, 0.05) is 0 Å². The number of rotatable bonds is 2. The first-order chi connectivity index (χ1) is 7.70. The average Bonchev–Trinajstić information content (AvgIpc) is 2.27. The first kappa shape index (κ1) is 10.2. The number of hydrogen-bond donors (Lipinski definition) is 2. The topological polar surface area (TPSA) is 84.3 Å². The average molecular weight is 219 g/mol. The summed E-state index contributed by atoms with van der Waals surface area (Å²) in [6, 6.07) is 7.14. The molecule has 0 unspecified atom stereocenters. The highest BCUT2D eigenvalue weighted by Gasteiger charge is 2.10. The van der Waals surface area contributed by atoms with Crippen LogP contribution in [-0.4, -0.2) is 28.3 Å². The lowest BCUT2D eigenvalue weighted by molar-refractivity contribution is 0.209. The molecule has 0 radical (unpaired) electrons. The second-order valence-corrected chi connectivity index (χ2v) is 3.00. The predicted octanol–water partition coefficient (Wildman–Crippen LogP) is 1.73. The molecule has 0 spiro atoms. The van der Waals surface area contributed by atoms with Crippen molar-refractivity contribution in [2.75, 3.05) is 12.4 Å². The maximum atomic E-state index is 10.5. The number of para-hydroxylation sites is 2.